The highest BCUT2D eigenvalue weighted by molar-refractivity contribution is 8.00. The molecule has 2 aliphatic heterocycles. The predicted molar refractivity (Wildman–Crippen MR) is 88.1 cm³/mol. The molecule has 1 amide bonds. The SMILES string of the molecule is Cc1c2cccn2cc[n+]1CC1=C(C(=O)O)N2C(=O)C(N)[C@H]2SC1. The maximum atomic E-state index is 12.0. The van der Waals surface area contributed by atoms with Crippen molar-refractivity contribution in [2.75, 3.05) is 5.75 Å². The number of β-lactam (4-membered cyclic amide) rings is 1. The summed E-state index contributed by atoms with van der Waals surface area (Å²) in [5.74, 6) is -0.828. The number of thioether (sulfide) groups is 1. The molecule has 7 nitrogen and oxygen atoms in total. The van der Waals surface area contributed by atoms with Gasteiger partial charge in [-0.1, -0.05) is 0 Å². The molecule has 4 heterocycles. The van der Waals surface area contributed by atoms with Crippen LogP contribution in [0.15, 0.2) is 42.0 Å². The first-order chi connectivity index (χ1) is 11.5. The number of amides is 1. The number of aryl methyl sites for hydroxylation is 1. The van der Waals surface area contributed by atoms with Crippen molar-refractivity contribution in [3.8, 4) is 0 Å². The number of nitrogens with zero attached hydrogens (tertiary/aromatic N) is 3. The van der Waals surface area contributed by atoms with Gasteiger partial charge in [-0.25, -0.2) is 4.79 Å². The highest BCUT2D eigenvalue weighted by Gasteiger charge is 2.52. The molecular weight excluding hydrogens is 328 g/mol. The normalized spacial score (nSPS) is 23.4. The molecule has 0 spiro atoms. The maximum Gasteiger partial charge on any atom is 0.352 e. The van der Waals surface area contributed by atoms with Crippen LogP contribution in [-0.4, -0.2) is 43.5 Å². The summed E-state index contributed by atoms with van der Waals surface area (Å²) in [5, 5.41) is 9.35. The predicted octanol–water partition coefficient (Wildman–Crippen LogP) is 0.116. The molecule has 0 bridgehead atoms. The van der Waals surface area contributed by atoms with E-state index in [1.807, 2.05) is 46.6 Å². The van der Waals surface area contributed by atoms with Gasteiger partial charge in [0.05, 0.1) is 6.20 Å². The third-order valence-electron chi connectivity index (χ3n) is 4.64. The summed E-state index contributed by atoms with van der Waals surface area (Å²) in [7, 11) is 0. The fourth-order valence-electron chi connectivity index (χ4n) is 3.32. The van der Waals surface area contributed by atoms with Crippen molar-refractivity contribution in [1.29, 1.82) is 0 Å². The van der Waals surface area contributed by atoms with E-state index in [1.54, 1.807) is 0 Å². The summed E-state index contributed by atoms with van der Waals surface area (Å²) in [6.45, 7) is 2.44. The first kappa shape index (κ1) is 15.2. The Morgan fingerprint density at radius 1 is 1.50 bits per heavy atom. The highest BCUT2D eigenvalue weighted by Crippen LogP contribution is 2.39. The molecule has 2 aliphatic rings. The lowest BCUT2D eigenvalue weighted by Crippen LogP contribution is -2.68. The maximum absolute atomic E-state index is 12.0. The summed E-state index contributed by atoms with van der Waals surface area (Å²) < 4.78 is 4.03. The van der Waals surface area contributed by atoms with Gasteiger partial charge < -0.3 is 15.2 Å². The van der Waals surface area contributed by atoms with Gasteiger partial charge in [0.1, 0.15) is 22.6 Å². The number of fused-ring (bicyclic) bond motifs is 2. The van der Waals surface area contributed by atoms with Gasteiger partial charge in [-0.15, -0.1) is 11.8 Å². The Hall–Kier alpha value is -2.32. The standard InChI is InChI=1S/C16H16N4O3S/c1-9-11-3-2-4-18(11)5-6-19(9)7-10-8-24-15-12(17)14(21)20(15)13(10)16(22)23/h2-6,12,15H,7-8,17H2,1H3/p+1/t12?,15-/m1/s1. The van der Waals surface area contributed by atoms with E-state index < -0.39 is 12.0 Å². The van der Waals surface area contributed by atoms with Crippen LogP contribution in [0.2, 0.25) is 0 Å². The Labute approximate surface area is 142 Å². The topological polar surface area (TPSA) is 91.9 Å². The Kier molecular flexibility index (Phi) is 3.40. The highest BCUT2D eigenvalue weighted by atomic mass is 32.2. The van der Waals surface area contributed by atoms with Crippen molar-refractivity contribution in [3.05, 3.63) is 47.7 Å². The van der Waals surface area contributed by atoms with Crippen molar-refractivity contribution in [2.24, 2.45) is 5.73 Å². The van der Waals surface area contributed by atoms with Gasteiger partial charge >= 0.3 is 5.97 Å². The summed E-state index contributed by atoms with van der Waals surface area (Å²) in [6.07, 6.45) is 5.83. The molecule has 1 unspecified atom stereocenters. The zero-order valence-electron chi connectivity index (χ0n) is 13.0. The van der Waals surface area contributed by atoms with Gasteiger partial charge in [-0.05, 0) is 12.1 Å². The summed E-state index contributed by atoms with van der Waals surface area (Å²) in [4.78, 5) is 25.1. The monoisotopic (exact) mass is 345 g/mol. The van der Waals surface area contributed by atoms with E-state index in [2.05, 4.69) is 0 Å². The molecular formula is C16H17N4O3S+. The number of carbonyl (C=O) groups is 2. The zero-order valence-corrected chi connectivity index (χ0v) is 13.9. The van der Waals surface area contributed by atoms with Crippen LogP contribution < -0.4 is 10.3 Å². The number of carboxylic acid groups (broad SMARTS) is 1. The van der Waals surface area contributed by atoms with Crippen LogP contribution in [0.1, 0.15) is 5.69 Å². The number of carboxylic acids is 1. The summed E-state index contributed by atoms with van der Waals surface area (Å²) in [6, 6.07) is 3.38. The van der Waals surface area contributed by atoms with Crippen molar-refractivity contribution in [2.45, 2.75) is 24.9 Å². The molecule has 4 rings (SSSR count). The largest absolute Gasteiger partial charge is 0.477 e. The molecule has 3 N–H and O–H groups in total. The van der Waals surface area contributed by atoms with E-state index in [0.29, 0.717) is 12.3 Å². The Morgan fingerprint density at radius 2 is 2.29 bits per heavy atom. The molecule has 0 aliphatic carbocycles. The Morgan fingerprint density at radius 3 is 3.04 bits per heavy atom. The molecule has 1 saturated heterocycles. The summed E-state index contributed by atoms with van der Waals surface area (Å²) in [5.41, 5.74) is 8.70. The number of hydrogen-bond acceptors (Lipinski definition) is 4. The number of nitrogens with two attached hydrogens (primary N) is 1. The lowest BCUT2D eigenvalue weighted by atomic mass is 10.0. The van der Waals surface area contributed by atoms with Gasteiger partial charge in [0.2, 0.25) is 11.6 Å². The van der Waals surface area contributed by atoms with Crippen molar-refractivity contribution in [3.63, 3.8) is 0 Å². The summed E-state index contributed by atoms with van der Waals surface area (Å²) >= 11 is 1.52. The molecule has 8 heteroatoms. The number of hydrogen-bond donors (Lipinski definition) is 2. The third-order valence-corrected chi connectivity index (χ3v) is 6.00. The van der Waals surface area contributed by atoms with Crippen LogP contribution in [0.4, 0.5) is 0 Å². The Balaban J connectivity index is 1.74. The molecule has 0 aromatic carbocycles. The van der Waals surface area contributed by atoms with Gasteiger partial charge in [0.15, 0.2) is 12.7 Å². The number of carbonyl (C=O) groups excluding carboxylic acids is 1. The first-order valence-electron chi connectivity index (χ1n) is 7.60. The molecule has 24 heavy (non-hydrogen) atoms. The second kappa shape index (κ2) is 5.35. The van der Waals surface area contributed by atoms with Crippen LogP contribution in [0, 0.1) is 6.92 Å². The molecule has 0 saturated carbocycles. The van der Waals surface area contributed by atoms with Gasteiger partial charge in [-0.2, -0.15) is 4.57 Å². The van der Waals surface area contributed by atoms with E-state index in [1.165, 1.54) is 16.7 Å². The lowest BCUT2D eigenvalue weighted by Gasteiger charge is -2.47. The Bertz CT molecular complexity index is 904. The smallest absolute Gasteiger partial charge is 0.352 e. The molecule has 2 aromatic heterocycles. The molecule has 1 fully saturated rings. The third kappa shape index (κ3) is 2.06. The number of aromatic nitrogens is 2. The molecule has 2 atom stereocenters. The van der Waals surface area contributed by atoms with Gasteiger partial charge in [-0.3, -0.25) is 9.69 Å². The average Bonchev–Trinajstić information content (AvgIpc) is 3.05. The minimum Gasteiger partial charge on any atom is -0.477 e. The van der Waals surface area contributed by atoms with Crippen molar-refractivity contribution < 1.29 is 19.3 Å². The average molecular weight is 345 g/mol. The van der Waals surface area contributed by atoms with E-state index in [0.717, 1.165) is 16.8 Å². The van der Waals surface area contributed by atoms with Crippen LogP contribution in [0.25, 0.3) is 5.52 Å². The van der Waals surface area contributed by atoms with Gasteiger partial charge in [0.25, 0.3) is 0 Å². The van der Waals surface area contributed by atoms with Crippen molar-refractivity contribution >= 4 is 29.2 Å². The fraction of sp³-hybridized carbons (Fsp3) is 0.312. The minimum atomic E-state index is -1.07. The van der Waals surface area contributed by atoms with Crippen LogP contribution in [-0.2, 0) is 16.1 Å². The fourth-order valence-corrected chi connectivity index (χ4v) is 4.60. The van der Waals surface area contributed by atoms with Crippen LogP contribution in [0.3, 0.4) is 0 Å². The van der Waals surface area contributed by atoms with Crippen LogP contribution >= 0.6 is 11.8 Å². The van der Waals surface area contributed by atoms with Crippen molar-refractivity contribution in [1.82, 2.24) is 9.30 Å². The van der Waals surface area contributed by atoms with E-state index in [-0.39, 0.29) is 17.0 Å². The first-order valence-corrected chi connectivity index (χ1v) is 8.65. The number of rotatable bonds is 3. The minimum absolute atomic E-state index is 0.0904. The van der Waals surface area contributed by atoms with Gasteiger partial charge in [0, 0.05) is 24.4 Å². The number of aliphatic carboxylic acids is 1. The van der Waals surface area contributed by atoms with E-state index in [9.17, 15) is 14.7 Å². The lowest BCUT2D eigenvalue weighted by molar-refractivity contribution is -0.694. The zero-order chi connectivity index (χ0) is 17.0. The second-order valence-corrected chi connectivity index (χ2v) is 7.11. The molecule has 0 radical (unpaired) electrons. The van der Waals surface area contributed by atoms with E-state index >= 15 is 0 Å². The second-order valence-electron chi connectivity index (χ2n) is 6.01. The quantitative estimate of drug-likeness (QED) is 0.609. The molecule has 2 aromatic rings. The van der Waals surface area contributed by atoms with E-state index in [4.69, 9.17) is 5.73 Å². The van der Waals surface area contributed by atoms with Crippen LogP contribution in [0.5, 0.6) is 0 Å². The molecule has 124 valence electrons.